The van der Waals surface area contributed by atoms with Crippen LogP contribution in [0.2, 0.25) is 0 Å². The van der Waals surface area contributed by atoms with Gasteiger partial charge >= 0.3 is 11.7 Å². The SMILES string of the molecule is CCCc1nc(SCC(=O)OCc2ccccc2)c2c(=O)n(C)c(=O)n(C)c2n1. The Kier molecular flexibility index (Phi) is 6.48. The van der Waals surface area contributed by atoms with Gasteiger partial charge in [0.05, 0.1) is 5.75 Å². The number of benzene rings is 1. The Morgan fingerprint density at radius 2 is 1.83 bits per heavy atom. The van der Waals surface area contributed by atoms with Crippen LogP contribution in [0.15, 0.2) is 44.9 Å². The molecule has 0 aliphatic carbocycles. The van der Waals surface area contributed by atoms with Crippen LogP contribution in [0, 0.1) is 0 Å². The maximum Gasteiger partial charge on any atom is 0.332 e. The van der Waals surface area contributed by atoms with E-state index in [0.717, 1.165) is 28.3 Å². The second kappa shape index (κ2) is 9.04. The maximum atomic E-state index is 12.7. The fourth-order valence-corrected chi connectivity index (χ4v) is 3.65. The quantitative estimate of drug-likeness (QED) is 0.330. The van der Waals surface area contributed by atoms with E-state index in [0.29, 0.717) is 17.3 Å². The molecule has 0 fully saturated rings. The molecule has 0 saturated heterocycles. The second-order valence-corrected chi connectivity index (χ2v) is 7.50. The van der Waals surface area contributed by atoms with E-state index in [9.17, 15) is 14.4 Å². The summed E-state index contributed by atoms with van der Waals surface area (Å²) in [5, 5.41) is 0.613. The number of esters is 1. The molecule has 3 rings (SSSR count). The summed E-state index contributed by atoms with van der Waals surface area (Å²) in [6.45, 7) is 2.17. The second-order valence-electron chi connectivity index (χ2n) is 6.53. The lowest BCUT2D eigenvalue weighted by molar-refractivity contribution is -0.141. The van der Waals surface area contributed by atoms with E-state index >= 15 is 0 Å². The zero-order valence-electron chi connectivity index (χ0n) is 16.5. The number of thioether (sulfide) groups is 1. The molecule has 0 aliphatic heterocycles. The summed E-state index contributed by atoms with van der Waals surface area (Å²) >= 11 is 1.12. The van der Waals surface area contributed by atoms with E-state index in [2.05, 4.69) is 9.97 Å². The zero-order chi connectivity index (χ0) is 21.0. The van der Waals surface area contributed by atoms with Crippen molar-refractivity contribution in [3.63, 3.8) is 0 Å². The minimum atomic E-state index is -0.480. The Morgan fingerprint density at radius 3 is 2.52 bits per heavy atom. The standard InChI is InChI=1S/C20H22N4O4S/c1-4-8-14-21-17-16(19(26)24(3)20(27)23(17)2)18(22-14)29-12-15(25)28-11-13-9-6-5-7-10-13/h5-7,9-10H,4,8,11-12H2,1-3H3. The number of hydrogen-bond donors (Lipinski definition) is 0. The lowest BCUT2D eigenvalue weighted by Crippen LogP contribution is -2.38. The van der Waals surface area contributed by atoms with Crippen molar-refractivity contribution in [1.82, 2.24) is 19.1 Å². The predicted molar refractivity (Wildman–Crippen MR) is 111 cm³/mol. The summed E-state index contributed by atoms with van der Waals surface area (Å²) in [6, 6.07) is 9.39. The average molecular weight is 414 g/mol. The summed E-state index contributed by atoms with van der Waals surface area (Å²) in [5.41, 5.74) is 0.234. The topological polar surface area (TPSA) is 96.1 Å². The van der Waals surface area contributed by atoms with E-state index in [1.165, 1.54) is 11.6 Å². The largest absolute Gasteiger partial charge is 0.460 e. The van der Waals surface area contributed by atoms with Crippen molar-refractivity contribution in [2.24, 2.45) is 14.1 Å². The molecular formula is C20H22N4O4S. The Balaban J connectivity index is 1.88. The Hall–Kier alpha value is -2.94. The van der Waals surface area contributed by atoms with Crippen molar-refractivity contribution in [1.29, 1.82) is 0 Å². The highest BCUT2D eigenvalue weighted by atomic mass is 32.2. The van der Waals surface area contributed by atoms with Gasteiger partial charge in [0.25, 0.3) is 5.56 Å². The number of hydrogen-bond acceptors (Lipinski definition) is 7. The van der Waals surface area contributed by atoms with Gasteiger partial charge in [-0.05, 0) is 12.0 Å². The lowest BCUT2D eigenvalue weighted by Gasteiger charge is -2.11. The highest BCUT2D eigenvalue weighted by Crippen LogP contribution is 2.23. The Labute approximate surface area is 171 Å². The molecule has 2 aromatic heterocycles. The highest BCUT2D eigenvalue weighted by molar-refractivity contribution is 8.00. The van der Waals surface area contributed by atoms with Crippen molar-refractivity contribution < 1.29 is 9.53 Å². The Morgan fingerprint density at radius 1 is 1.10 bits per heavy atom. The summed E-state index contributed by atoms with van der Waals surface area (Å²) in [4.78, 5) is 46.0. The van der Waals surface area contributed by atoms with Crippen LogP contribution in [0.4, 0.5) is 0 Å². The third kappa shape index (κ3) is 4.56. The number of aryl methyl sites for hydroxylation is 2. The molecule has 1 aromatic carbocycles. The number of nitrogens with zero attached hydrogens (tertiary/aromatic N) is 4. The molecule has 9 heteroatoms. The third-order valence-electron chi connectivity index (χ3n) is 4.36. The number of carbonyl (C=O) groups excluding carboxylic acids is 1. The van der Waals surface area contributed by atoms with Crippen LogP contribution < -0.4 is 11.2 Å². The lowest BCUT2D eigenvalue weighted by atomic mass is 10.2. The van der Waals surface area contributed by atoms with Crippen molar-refractivity contribution in [2.45, 2.75) is 31.4 Å². The fourth-order valence-electron chi connectivity index (χ4n) is 2.82. The molecule has 3 aromatic rings. The molecule has 0 amide bonds. The molecule has 0 bridgehead atoms. The number of aromatic nitrogens is 4. The van der Waals surface area contributed by atoms with Crippen LogP contribution in [-0.2, 0) is 36.7 Å². The first-order valence-corrected chi connectivity index (χ1v) is 10.2. The molecule has 152 valence electrons. The zero-order valence-corrected chi connectivity index (χ0v) is 17.4. The summed E-state index contributed by atoms with van der Waals surface area (Å²) < 4.78 is 7.64. The average Bonchev–Trinajstić information content (AvgIpc) is 2.73. The van der Waals surface area contributed by atoms with Gasteiger partial charge in [-0.2, -0.15) is 0 Å². The number of carbonyl (C=O) groups is 1. The number of fused-ring (bicyclic) bond motifs is 1. The molecule has 0 radical (unpaired) electrons. The van der Waals surface area contributed by atoms with Crippen LogP contribution in [0.5, 0.6) is 0 Å². The van der Waals surface area contributed by atoms with E-state index in [1.807, 2.05) is 37.3 Å². The van der Waals surface area contributed by atoms with Gasteiger partial charge in [0.1, 0.15) is 22.8 Å². The molecule has 2 heterocycles. The van der Waals surface area contributed by atoms with E-state index in [4.69, 9.17) is 4.74 Å². The summed E-state index contributed by atoms with van der Waals surface area (Å²) in [5.74, 6) is 0.115. The number of rotatable bonds is 7. The van der Waals surface area contributed by atoms with Crippen LogP contribution >= 0.6 is 11.8 Å². The van der Waals surface area contributed by atoms with E-state index < -0.39 is 17.2 Å². The number of ether oxygens (including phenoxy) is 1. The molecule has 29 heavy (non-hydrogen) atoms. The van der Waals surface area contributed by atoms with Gasteiger partial charge in [0, 0.05) is 20.5 Å². The highest BCUT2D eigenvalue weighted by Gasteiger charge is 2.18. The van der Waals surface area contributed by atoms with Gasteiger partial charge in [-0.1, -0.05) is 49.0 Å². The summed E-state index contributed by atoms with van der Waals surface area (Å²) in [6.07, 6.45) is 1.42. The van der Waals surface area contributed by atoms with Crippen LogP contribution in [0.1, 0.15) is 24.7 Å². The minimum absolute atomic E-state index is 0.00347. The molecule has 0 spiro atoms. The van der Waals surface area contributed by atoms with Crippen LogP contribution in [0.25, 0.3) is 11.0 Å². The van der Waals surface area contributed by atoms with Gasteiger partial charge in [-0.3, -0.25) is 18.7 Å². The fraction of sp³-hybridized carbons (Fsp3) is 0.350. The van der Waals surface area contributed by atoms with Crippen molar-refractivity contribution >= 4 is 28.8 Å². The van der Waals surface area contributed by atoms with Gasteiger partial charge in [-0.25, -0.2) is 14.8 Å². The normalized spacial score (nSPS) is 11.0. The smallest absolute Gasteiger partial charge is 0.332 e. The third-order valence-corrected chi connectivity index (χ3v) is 5.30. The van der Waals surface area contributed by atoms with Gasteiger partial charge in [-0.15, -0.1) is 0 Å². The van der Waals surface area contributed by atoms with Crippen LogP contribution in [-0.4, -0.2) is 30.8 Å². The molecule has 0 atom stereocenters. The molecular weight excluding hydrogens is 392 g/mol. The van der Waals surface area contributed by atoms with Crippen LogP contribution in [0.3, 0.4) is 0 Å². The molecule has 0 unspecified atom stereocenters. The first kappa shape index (κ1) is 20.8. The minimum Gasteiger partial charge on any atom is -0.460 e. The van der Waals surface area contributed by atoms with E-state index in [1.54, 1.807) is 7.05 Å². The van der Waals surface area contributed by atoms with Crippen molar-refractivity contribution in [2.75, 3.05) is 5.75 Å². The first-order chi connectivity index (χ1) is 13.9. The maximum absolute atomic E-state index is 12.7. The molecule has 8 nitrogen and oxygen atoms in total. The summed E-state index contributed by atoms with van der Waals surface area (Å²) in [7, 11) is 2.97. The van der Waals surface area contributed by atoms with Gasteiger partial charge in [0.15, 0.2) is 5.65 Å². The monoisotopic (exact) mass is 414 g/mol. The molecule has 0 N–H and O–H groups in total. The van der Waals surface area contributed by atoms with Crippen molar-refractivity contribution in [3.8, 4) is 0 Å². The predicted octanol–water partition coefficient (Wildman–Crippen LogP) is 1.82. The van der Waals surface area contributed by atoms with Gasteiger partial charge in [0.2, 0.25) is 0 Å². The Bertz CT molecular complexity index is 1160. The van der Waals surface area contributed by atoms with Crippen molar-refractivity contribution in [3.05, 3.63) is 62.6 Å². The van der Waals surface area contributed by atoms with Gasteiger partial charge < -0.3 is 4.74 Å². The molecule has 0 saturated carbocycles. The molecule has 0 aliphatic rings. The first-order valence-electron chi connectivity index (χ1n) is 9.21. The van der Waals surface area contributed by atoms with E-state index in [-0.39, 0.29) is 23.4 Å².